The lowest BCUT2D eigenvalue weighted by molar-refractivity contribution is -0.0206. The molecular weight excluding hydrogens is 270 g/mol. The van der Waals surface area contributed by atoms with Crippen molar-refractivity contribution in [1.82, 2.24) is 9.80 Å². The third-order valence-corrected chi connectivity index (χ3v) is 3.21. The van der Waals surface area contributed by atoms with E-state index < -0.39 is 30.0 Å². The van der Waals surface area contributed by atoms with Crippen LogP contribution in [0.25, 0.3) is 0 Å². The van der Waals surface area contributed by atoms with Crippen LogP contribution in [0.1, 0.15) is 11.6 Å². The van der Waals surface area contributed by atoms with E-state index in [1.165, 1.54) is 36.2 Å². The zero-order chi connectivity index (χ0) is 15.0. The molecular formula is C13H14F2N2O3. The second kappa shape index (κ2) is 5.18. The molecule has 2 amide bonds. The van der Waals surface area contributed by atoms with E-state index in [1.54, 1.807) is 0 Å². The summed E-state index contributed by atoms with van der Waals surface area (Å²) in [7, 11) is 2.91. The molecule has 0 saturated heterocycles. The Morgan fingerprint density at radius 1 is 1.20 bits per heavy atom. The standard InChI is InChI=1S/C13H14F2N2O3/c1-16-6-8(12(18)19)11(17(2)13(16)20)7-3-4-9(14)10(15)5-7/h3-6,11-12,18-19H,1-2H3. The van der Waals surface area contributed by atoms with Crippen LogP contribution in [0, 0.1) is 11.6 Å². The van der Waals surface area contributed by atoms with E-state index in [1.807, 2.05) is 0 Å². The van der Waals surface area contributed by atoms with Crippen molar-refractivity contribution in [3.8, 4) is 0 Å². The molecule has 1 atom stereocenters. The summed E-state index contributed by atoms with van der Waals surface area (Å²) in [5, 5.41) is 18.8. The SMILES string of the molecule is CN1C=C(C(O)O)C(c2ccc(F)c(F)c2)N(C)C1=O. The van der Waals surface area contributed by atoms with Gasteiger partial charge in [-0.05, 0) is 17.7 Å². The molecule has 2 N–H and O–H groups in total. The molecule has 0 bridgehead atoms. The number of benzene rings is 1. The number of aliphatic hydroxyl groups excluding tert-OH is 1. The lowest BCUT2D eigenvalue weighted by Crippen LogP contribution is -2.45. The first-order chi connectivity index (χ1) is 9.32. The van der Waals surface area contributed by atoms with Crippen LogP contribution in [0.3, 0.4) is 0 Å². The highest BCUT2D eigenvalue weighted by Gasteiger charge is 2.34. The number of amides is 2. The van der Waals surface area contributed by atoms with Gasteiger partial charge in [0, 0.05) is 25.9 Å². The highest BCUT2D eigenvalue weighted by molar-refractivity contribution is 5.77. The summed E-state index contributed by atoms with van der Waals surface area (Å²) in [5.74, 6) is -2.07. The van der Waals surface area contributed by atoms with Crippen molar-refractivity contribution >= 4 is 6.03 Å². The van der Waals surface area contributed by atoms with Crippen molar-refractivity contribution in [2.75, 3.05) is 14.1 Å². The maximum atomic E-state index is 13.3. The molecule has 1 aromatic carbocycles. The molecule has 1 heterocycles. The molecule has 108 valence electrons. The van der Waals surface area contributed by atoms with Crippen molar-refractivity contribution in [3.63, 3.8) is 0 Å². The van der Waals surface area contributed by atoms with Gasteiger partial charge in [-0.25, -0.2) is 13.6 Å². The Morgan fingerprint density at radius 2 is 1.85 bits per heavy atom. The molecule has 0 aliphatic carbocycles. The highest BCUT2D eigenvalue weighted by Crippen LogP contribution is 2.33. The number of halogens is 2. The quantitative estimate of drug-likeness (QED) is 0.802. The smallest absolute Gasteiger partial charge is 0.324 e. The van der Waals surface area contributed by atoms with E-state index in [0.29, 0.717) is 0 Å². The van der Waals surface area contributed by atoms with Crippen molar-refractivity contribution in [2.45, 2.75) is 12.3 Å². The number of carbonyl (C=O) groups excluding carboxylic acids is 1. The van der Waals surface area contributed by atoms with Crippen LogP contribution in [0.5, 0.6) is 0 Å². The summed E-state index contributed by atoms with van der Waals surface area (Å²) in [6.07, 6.45) is -0.537. The van der Waals surface area contributed by atoms with Crippen LogP contribution in [-0.4, -0.2) is 46.4 Å². The summed E-state index contributed by atoms with van der Waals surface area (Å²) < 4.78 is 26.3. The number of urea groups is 1. The van der Waals surface area contributed by atoms with E-state index >= 15 is 0 Å². The van der Waals surface area contributed by atoms with Gasteiger partial charge in [-0.2, -0.15) is 0 Å². The number of hydrogen-bond acceptors (Lipinski definition) is 3. The van der Waals surface area contributed by atoms with E-state index in [-0.39, 0.29) is 11.1 Å². The number of nitrogens with zero attached hydrogens (tertiary/aromatic N) is 2. The third-order valence-electron chi connectivity index (χ3n) is 3.21. The van der Waals surface area contributed by atoms with Gasteiger partial charge in [0.05, 0.1) is 6.04 Å². The second-order valence-electron chi connectivity index (χ2n) is 4.58. The predicted molar refractivity (Wildman–Crippen MR) is 66.3 cm³/mol. The minimum Gasteiger partial charge on any atom is -0.364 e. The van der Waals surface area contributed by atoms with Crippen molar-refractivity contribution in [3.05, 3.63) is 47.2 Å². The maximum Gasteiger partial charge on any atom is 0.324 e. The van der Waals surface area contributed by atoms with Crippen LogP contribution < -0.4 is 0 Å². The molecule has 0 spiro atoms. The molecule has 1 aromatic rings. The first kappa shape index (κ1) is 14.4. The van der Waals surface area contributed by atoms with Gasteiger partial charge < -0.3 is 20.0 Å². The van der Waals surface area contributed by atoms with Crippen LogP contribution in [0.15, 0.2) is 30.0 Å². The van der Waals surface area contributed by atoms with Crippen LogP contribution in [-0.2, 0) is 0 Å². The largest absolute Gasteiger partial charge is 0.364 e. The van der Waals surface area contributed by atoms with Crippen LogP contribution in [0.4, 0.5) is 13.6 Å². The molecule has 0 saturated carbocycles. The molecule has 1 aliphatic heterocycles. The third kappa shape index (κ3) is 2.37. The van der Waals surface area contributed by atoms with Gasteiger partial charge in [-0.3, -0.25) is 0 Å². The van der Waals surface area contributed by atoms with Crippen LogP contribution in [0.2, 0.25) is 0 Å². The van der Waals surface area contributed by atoms with Crippen LogP contribution >= 0.6 is 0 Å². The summed E-state index contributed by atoms with van der Waals surface area (Å²) >= 11 is 0. The van der Waals surface area contributed by atoms with Gasteiger partial charge in [-0.1, -0.05) is 6.07 Å². The summed E-state index contributed by atoms with van der Waals surface area (Å²) in [4.78, 5) is 14.3. The van der Waals surface area contributed by atoms with Crippen molar-refractivity contribution in [2.24, 2.45) is 0 Å². The fourth-order valence-corrected chi connectivity index (χ4v) is 2.24. The molecule has 0 fully saturated rings. The van der Waals surface area contributed by atoms with Gasteiger partial charge in [0.1, 0.15) is 0 Å². The topological polar surface area (TPSA) is 64.0 Å². The molecule has 7 heteroatoms. The number of rotatable bonds is 2. The molecule has 1 aliphatic rings. The van der Waals surface area contributed by atoms with Gasteiger partial charge in [0.2, 0.25) is 0 Å². The lowest BCUT2D eigenvalue weighted by atomic mass is 9.96. The fraction of sp³-hybridized carbons (Fsp3) is 0.308. The Morgan fingerprint density at radius 3 is 2.40 bits per heavy atom. The zero-order valence-corrected chi connectivity index (χ0v) is 10.9. The first-order valence-electron chi connectivity index (χ1n) is 5.85. The Bertz CT molecular complexity index is 575. The zero-order valence-electron chi connectivity index (χ0n) is 10.9. The Balaban J connectivity index is 2.52. The molecule has 0 aromatic heterocycles. The number of carbonyl (C=O) groups is 1. The minimum absolute atomic E-state index is 0.0978. The van der Waals surface area contributed by atoms with Crippen molar-refractivity contribution in [1.29, 1.82) is 0 Å². The Kier molecular flexibility index (Phi) is 3.74. The molecule has 2 rings (SSSR count). The molecule has 0 radical (unpaired) electrons. The number of likely N-dealkylation sites (N-methyl/N-ethyl adjacent to an activating group) is 1. The highest BCUT2D eigenvalue weighted by atomic mass is 19.2. The number of hydrogen-bond donors (Lipinski definition) is 2. The average molecular weight is 284 g/mol. The van der Waals surface area contributed by atoms with E-state index in [2.05, 4.69) is 0 Å². The van der Waals surface area contributed by atoms with Gasteiger partial charge >= 0.3 is 6.03 Å². The summed E-state index contributed by atoms with van der Waals surface area (Å²) in [6, 6.07) is 1.90. The molecule has 20 heavy (non-hydrogen) atoms. The van der Waals surface area contributed by atoms with Gasteiger partial charge in [0.15, 0.2) is 17.9 Å². The Labute approximate surface area is 114 Å². The van der Waals surface area contributed by atoms with Gasteiger partial charge in [-0.15, -0.1) is 0 Å². The molecule has 5 nitrogen and oxygen atoms in total. The minimum atomic E-state index is -1.81. The van der Waals surface area contributed by atoms with Crippen molar-refractivity contribution < 1.29 is 23.8 Å². The second-order valence-corrected chi connectivity index (χ2v) is 4.58. The summed E-state index contributed by atoms with van der Waals surface area (Å²) in [5.41, 5.74) is 0.354. The van der Waals surface area contributed by atoms with E-state index in [4.69, 9.17) is 0 Å². The normalized spacial score (nSPS) is 19.6. The number of aliphatic hydroxyl groups is 2. The lowest BCUT2D eigenvalue weighted by Gasteiger charge is -2.38. The average Bonchev–Trinajstić information content (AvgIpc) is 2.39. The van der Waals surface area contributed by atoms with E-state index in [0.717, 1.165) is 12.1 Å². The monoisotopic (exact) mass is 284 g/mol. The molecule has 1 unspecified atom stereocenters. The fourth-order valence-electron chi connectivity index (χ4n) is 2.24. The van der Waals surface area contributed by atoms with E-state index in [9.17, 15) is 23.8 Å². The Hall–Kier alpha value is -1.99. The first-order valence-corrected chi connectivity index (χ1v) is 5.85. The summed E-state index contributed by atoms with van der Waals surface area (Å²) in [6.45, 7) is 0. The predicted octanol–water partition coefficient (Wildman–Crippen LogP) is 1.20. The van der Waals surface area contributed by atoms with Gasteiger partial charge in [0.25, 0.3) is 0 Å². The maximum absolute atomic E-state index is 13.3.